The zero-order valence-electron chi connectivity index (χ0n) is 14.0. The van der Waals surface area contributed by atoms with Crippen molar-refractivity contribution in [1.29, 1.82) is 0 Å². The number of phenolic OH excluding ortho intramolecular Hbond substituents is 1. The van der Waals surface area contributed by atoms with Gasteiger partial charge in [-0.3, -0.25) is 0 Å². The molecule has 0 bridgehead atoms. The topological polar surface area (TPSA) is 65.9 Å². The summed E-state index contributed by atoms with van der Waals surface area (Å²) in [4.78, 5) is 4.56. The fraction of sp³-hybridized carbons (Fsp3) is 0.278. The highest BCUT2D eigenvalue weighted by molar-refractivity contribution is 14.0. The Balaban J connectivity index is 0.00000288. The number of hydrogen-bond donors (Lipinski definition) is 3. The summed E-state index contributed by atoms with van der Waals surface area (Å²) < 4.78 is 5.35. The second kappa shape index (κ2) is 10.7. The van der Waals surface area contributed by atoms with E-state index in [0.29, 0.717) is 13.1 Å². The first-order valence-electron chi connectivity index (χ1n) is 7.65. The average molecular weight is 441 g/mol. The molecule has 2 aromatic carbocycles. The number of aliphatic imine (C=N–C) groups is 1. The molecule has 0 aliphatic heterocycles. The van der Waals surface area contributed by atoms with Gasteiger partial charge in [0.05, 0.1) is 13.7 Å². The summed E-state index contributed by atoms with van der Waals surface area (Å²) in [5.74, 6) is 1.86. The van der Waals surface area contributed by atoms with Crippen molar-refractivity contribution in [1.82, 2.24) is 10.6 Å². The number of ether oxygens (including phenoxy) is 1. The van der Waals surface area contributed by atoms with Crippen LogP contribution in [0.4, 0.5) is 0 Å². The van der Waals surface area contributed by atoms with Crippen molar-refractivity contribution in [2.24, 2.45) is 4.99 Å². The molecule has 0 saturated heterocycles. The number of methoxy groups -OCH3 is 1. The molecule has 0 aliphatic carbocycles. The third-order valence-corrected chi connectivity index (χ3v) is 3.34. The van der Waals surface area contributed by atoms with Gasteiger partial charge in [-0.25, -0.2) is 4.99 Å². The Morgan fingerprint density at radius 3 is 2.46 bits per heavy atom. The maximum Gasteiger partial charge on any atom is 0.191 e. The van der Waals surface area contributed by atoms with E-state index in [1.54, 1.807) is 19.2 Å². The number of guanidine groups is 1. The van der Waals surface area contributed by atoms with Crippen LogP contribution in [0.3, 0.4) is 0 Å². The first-order valence-corrected chi connectivity index (χ1v) is 7.65. The lowest BCUT2D eigenvalue weighted by atomic mass is 10.2. The van der Waals surface area contributed by atoms with Gasteiger partial charge in [0.15, 0.2) is 5.96 Å². The number of benzene rings is 2. The van der Waals surface area contributed by atoms with Crippen LogP contribution in [0.5, 0.6) is 11.5 Å². The van der Waals surface area contributed by atoms with Crippen molar-refractivity contribution < 1.29 is 9.84 Å². The maximum atomic E-state index is 9.31. The van der Waals surface area contributed by atoms with Gasteiger partial charge in [-0.15, -0.1) is 24.0 Å². The number of nitrogens with zero attached hydrogens (tertiary/aromatic N) is 1. The maximum absolute atomic E-state index is 9.31. The lowest BCUT2D eigenvalue weighted by Crippen LogP contribution is -2.36. The third-order valence-electron chi connectivity index (χ3n) is 3.34. The van der Waals surface area contributed by atoms with Crippen molar-refractivity contribution in [3.8, 4) is 11.5 Å². The van der Waals surface area contributed by atoms with Crippen molar-refractivity contribution in [2.45, 2.75) is 20.0 Å². The predicted octanol–water partition coefficient (Wildman–Crippen LogP) is 3.27. The van der Waals surface area contributed by atoms with E-state index in [1.807, 2.05) is 43.3 Å². The Bertz CT molecular complexity index is 645. The second-order valence-electron chi connectivity index (χ2n) is 5.03. The molecule has 0 heterocycles. The summed E-state index contributed by atoms with van der Waals surface area (Å²) >= 11 is 0. The lowest BCUT2D eigenvalue weighted by Gasteiger charge is -2.13. The van der Waals surface area contributed by atoms with Crippen LogP contribution in [-0.2, 0) is 13.1 Å². The number of phenols is 1. The zero-order chi connectivity index (χ0) is 16.5. The lowest BCUT2D eigenvalue weighted by molar-refractivity contribution is 0.409. The summed E-state index contributed by atoms with van der Waals surface area (Å²) in [5, 5.41) is 15.8. The number of halogens is 1. The van der Waals surface area contributed by atoms with E-state index in [9.17, 15) is 5.11 Å². The summed E-state index contributed by atoms with van der Waals surface area (Å²) in [5.41, 5.74) is 2.11. The van der Waals surface area contributed by atoms with Crippen LogP contribution in [0.2, 0.25) is 0 Å². The SMILES string of the molecule is CCNC(=NCc1ccc(O)cc1)NCc1ccccc1OC.I. The van der Waals surface area contributed by atoms with Gasteiger partial charge in [-0.05, 0) is 30.7 Å². The molecule has 0 unspecified atom stereocenters. The molecule has 2 rings (SSSR count). The summed E-state index contributed by atoms with van der Waals surface area (Å²) in [6, 6.07) is 15.0. The molecule has 6 heteroatoms. The minimum atomic E-state index is 0. The Kier molecular flexibility index (Phi) is 8.99. The molecule has 2 aromatic rings. The van der Waals surface area contributed by atoms with Crippen molar-refractivity contribution >= 4 is 29.9 Å². The van der Waals surface area contributed by atoms with Gasteiger partial charge in [0.25, 0.3) is 0 Å². The molecule has 5 nitrogen and oxygen atoms in total. The molecule has 3 N–H and O–H groups in total. The van der Waals surface area contributed by atoms with E-state index < -0.39 is 0 Å². The first-order chi connectivity index (χ1) is 11.2. The van der Waals surface area contributed by atoms with E-state index in [-0.39, 0.29) is 29.7 Å². The molecule has 0 amide bonds. The van der Waals surface area contributed by atoms with Crippen molar-refractivity contribution in [3.05, 3.63) is 59.7 Å². The van der Waals surface area contributed by atoms with Gasteiger partial charge in [0.1, 0.15) is 11.5 Å². The molecule has 0 aliphatic rings. The molecular formula is C18H24IN3O2. The smallest absolute Gasteiger partial charge is 0.191 e. The number of aromatic hydroxyl groups is 1. The third kappa shape index (κ3) is 6.27. The van der Waals surface area contributed by atoms with Crippen LogP contribution in [-0.4, -0.2) is 24.7 Å². The molecule has 0 aromatic heterocycles. The van der Waals surface area contributed by atoms with Crippen LogP contribution in [0.25, 0.3) is 0 Å². The molecule has 24 heavy (non-hydrogen) atoms. The van der Waals surface area contributed by atoms with Crippen LogP contribution in [0.15, 0.2) is 53.5 Å². The quantitative estimate of drug-likeness (QED) is 0.366. The molecule has 0 atom stereocenters. The highest BCUT2D eigenvalue weighted by Crippen LogP contribution is 2.16. The minimum absolute atomic E-state index is 0. The van der Waals surface area contributed by atoms with E-state index >= 15 is 0 Å². The van der Waals surface area contributed by atoms with Gasteiger partial charge < -0.3 is 20.5 Å². The fourth-order valence-corrected chi connectivity index (χ4v) is 2.14. The van der Waals surface area contributed by atoms with Crippen molar-refractivity contribution in [3.63, 3.8) is 0 Å². The van der Waals surface area contributed by atoms with Crippen LogP contribution < -0.4 is 15.4 Å². The van der Waals surface area contributed by atoms with E-state index in [0.717, 1.165) is 29.4 Å². The van der Waals surface area contributed by atoms with E-state index in [4.69, 9.17) is 4.74 Å². The molecule has 0 spiro atoms. The highest BCUT2D eigenvalue weighted by Gasteiger charge is 2.03. The Morgan fingerprint density at radius 1 is 1.08 bits per heavy atom. The van der Waals surface area contributed by atoms with Gasteiger partial charge in [-0.2, -0.15) is 0 Å². The monoisotopic (exact) mass is 441 g/mol. The summed E-state index contributed by atoms with van der Waals surface area (Å²) in [6.45, 7) is 3.99. The number of para-hydroxylation sites is 1. The summed E-state index contributed by atoms with van der Waals surface area (Å²) in [7, 11) is 1.67. The molecule has 0 radical (unpaired) electrons. The summed E-state index contributed by atoms with van der Waals surface area (Å²) in [6.07, 6.45) is 0. The number of rotatable bonds is 6. The average Bonchev–Trinajstić information content (AvgIpc) is 2.59. The molecule has 0 fully saturated rings. The minimum Gasteiger partial charge on any atom is -0.508 e. The standard InChI is InChI=1S/C18H23N3O2.HI/c1-3-19-18(20-12-14-8-10-16(22)11-9-14)21-13-15-6-4-5-7-17(15)23-2;/h4-11,22H,3,12-13H2,1-2H3,(H2,19,20,21);1H. The highest BCUT2D eigenvalue weighted by atomic mass is 127. The molecule has 0 saturated carbocycles. The van der Waals surface area contributed by atoms with Gasteiger partial charge in [0, 0.05) is 18.7 Å². The van der Waals surface area contributed by atoms with Crippen molar-refractivity contribution in [2.75, 3.05) is 13.7 Å². The van der Waals surface area contributed by atoms with E-state index in [1.165, 1.54) is 0 Å². The first kappa shape index (κ1) is 20.1. The largest absolute Gasteiger partial charge is 0.508 e. The van der Waals surface area contributed by atoms with Crippen LogP contribution >= 0.6 is 24.0 Å². The van der Waals surface area contributed by atoms with Gasteiger partial charge >= 0.3 is 0 Å². The van der Waals surface area contributed by atoms with Gasteiger partial charge in [-0.1, -0.05) is 30.3 Å². The normalized spacial score (nSPS) is 10.7. The zero-order valence-corrected chi connectivity index (χ0v) is 16.3. The Morgan fingerprint density at radius 2 is 1.79 bits per heavy atom. The Labute approximate surface area is 160 Å². The molecule has 130 valence electrons. The van der Waals surface area contributed by atoms with E-state index in [2.05, 4.69) is 15.6 Å². The number of nitrogens with one attached hydrogen (secondary N) is 2. The predicted molar refractivity (Wildman–Crippen MR) is 108 cm³/mol. The molecular weight excluding hydrogens is 417 g/mol. The van der Waals surface area contributed by atoms with Crippen LogP contribution in [0.1, 0.15) is 18.1 Å². The van der Waals surface area contributed by atoms with Gasteiger partial charge in [0.2, 0.25) is 0 Å². The fourth-order valence-electron chi connectivity index (χ4n) is 2.14. The number of hydrogen-bond acceptors (Lipinski definition) is 3. The Hall–Kier alpha value is -1.96. The van der Waals surface area contributed by atoms with Crippen LogP contribution in [0, 0.1) is 0 Å². The second-order valence-corrected chi connectivity index (χ2v) is 5.03.